The molecule has 18 heavy (non-hydrogen) atoms. The minimum Gasteiger partial charge on any atom is -0.387 e. The first-order valence-corrected chi connectivity index (χ1v) is 5.84. The van der Waals surface area contributed by atoms with E-state index >= 15 is 0 Å². The highest BCUT2D eigenvalue weighted by Crippen LogP contribution is 2.34. The molecule has 2 heterocycles. The number of nitrogens with zero attached hydrogens (tertiary/aromatic N) is 3. The summed E-state index contributed by atoms with van der Waals surface area (Å²) in [5.41, 5.74) is 1.99. The third-order valence-electron chi connectivity index (χ3n) is 3.36. The van der Waals surface area contributed by atoms with Crippen LogP contribution in [0, 0.1) is 0 Å². The average Bonchev–Trinajstić information content (AvgIpc) is 2.73. The van der Waals surface area contributed by atoms with Crippen molar-refractivity contribution in [1.82, 2.24) is 15.3 Å². The number of aliphatic hydroxyl groups excluding tert-OH is 1. The van der Waals surface area contributed by atoms with Crippen LogP contribution in [0.15, 0.2) is 6.33 Å². The van der Waals surface area contributed by atoms with E-state index in [9.17, 15) is 5.11 Å². The summed E-state index contributed by atoms with van der Waals surface area (Å²) >= 11 is 0. The Morgan fingerprint density at radius 3 is 2.67 bits per heavy atom. The van der Waals surface area contributed by atoms with E-state index in [4.69, 9.17) is 0 Å². The minimum absolute atomic E-state index is 0. The summed E-state index contributed by atoms with van der Waals surface area (Å²) in [5.74, 6) is 1.03. The van der Waals surface area contributed by atoms with Gasteiger partial charge in [-0.1, -0.05) is 0 Å². The molecule has 1 fully saturated rings. The van der Waals surface area contributed by atoms with Gasteiger partial charge >= 0.3 is 0 Å². The van der Waals surface area contributed by atoms with Gasteiger partial charge in [0.2, 0.25) is 0 Å². The molecule has 0 amide bonds. The Bertz CT molecular complexity index is 399. The molecule has 1 saturated heterocycles. The van der Waals surface area contributed by atoms with Crippen molar-refractivity contribution in [3.05, 3.63) is 17.6 Å². The van der Waals surface area contributed by atoms with Crippen LogP contribution in [0.2, 0.25) is 0 Å². The van der Waals surface area contributed by atoms with Gasteiger partial charge in [0.25, 0.3) is 0 Å². The zero-order valence-corrected chi connectivity index (χ0v) is 11.6. The molecule has 1 aromatic rings. The fourth-order valence-electron chi connectivity index (χ4n) is 2.51. The zero-order chi connectivity index (χ0) is 11.0. The van der Waals surface area contributed by atoms with Gasteiger partial charge in [0.15, 0.2) is 0 Å². The molecule has 2 N–H and O–H groups in total. The number of anilines is 1. The van der Waals surface area contributed by atoms with Gasteiger partial charge in [0.1, 0.15) is 12.1 Å². The molecule has 0 aromatic carbocycles. The Kier molecular flexibility index (Phi) is 5.59. The largest absolute Gasteiger partial charge is 0.387 e. The maximum atomic E-state index is 9.78. The number of piperazine rings is 1. The summed E-state index contributed by atoms with van der Waals surface area (Å²) in [6, 6.07) is 0. The first-order valence-electron chi connectivity index (χ1n) is 5.84. The monoisotopic (exact) mass is 292 g/mol. The third-order valence-corrected chi connectivity index (χ3v) is 3.36. The predicted molar refractivity (Wildman–Crippen MR) is 74.9 cm³/mol. The molecular formula is C11H18Cl2N4O. The fraction of sp³-hybridized carbons (Fsp3) is 0.636. The van der Waals surface area contributed by atoms with Crippen molar-refractivity contribution in [2.75, 3.05) is 31.1 Å². The maximum Gasteiger partial charge on any atom is 0.135 e. The van der Waals surface area contributed by atoms with Crippen molar-refractivity contribution in [2.45, 2.75) is 18.9 Å². The van der Waals surface area contributed by atoms with Crippen LogP contribution < -0.4 is 10.2 Å². The number of hydrogen-bond acceptors (Lipinski definition) is 5. The maximum absolute atomic E-state index is 9.78. The molecule has 1 aliphatic carbocycles. The summed E-state index contributed by atoms with van der Waals surface area (Å²) in [4.78, 5) is 10.9. The van der Waals surface area contributed by atoms with Gasteiger partial charge in [-0.05, 0) is 12.8 Å². The Hall–Kier alpha value is -0.620. The molecule has 3 rings (SSSR count). The molecule has 0 spiro atoms. The van der Waals surface area contributed by atoms with Crippen LogP contribution in [0.5, 0.6) is 0 Å². The Morgan fingerprint density at radius 2 is 1.94 bits per heavy atom. The van der Waals surface area contributed by atoms with Gasteiger partial charge in [-0.2, -0.15) is 0 Å². The Morgan fingerprint density at radius 1 is 1.22 bits per heavy atom. The molecule has 102 valence electrons. The van der Waals surface area contributed by atoms with Gasteiger partial charge in [0, 0.05) is 31.7 Å². The Labute approximate surface area is 119 Å². The summed E-state index contributed by atoms with van der Waals surface area (Å²) < 4.78 is 0. The summed E-state index contributed by atoms with van der Waals surface area (Å²) in [7, 11) is 0. The van der Waals surface area contributed by atoms with E-state index in [1.54, 1.807) is 6.33 Å². The van der Waals surface area contributed by atoms with E-state index in [-0.39, 0.29) is 30.9 Å². The quantitative estimate of drug-likeness (QED) is 0.798. The number of rotatable bonds is 1. The fourth-order valence-corrected chi connectivity index (χ4v) is 2.51. The van der Waals surface area contributed by atoms with Crippen LogP contribution in [-0.4, -0.2) is 41.3 Å². The standard InChI is InChI=1S/C11H16N4O.2ClH/c16-9-2-1-8-10(9)13-7-14-11(8)15-5-3-12-4-6-15;;/h7,9,12,16H,1-6H2;2*1H. The van der Waals surface area contributed by atoms with Crippen molar-refractivity contribution in [3.63, 3.8) is 0 Å². The van der Waals surface area contributed by atoms with Gasteiger partial charge in [-0.3, -0.25) is 0 Å². The third kappa shape index (κ3) is 2.69. The SMILES string of the molecule is Cl.Cl.OC1CCc2c1ncnc2N1CCNCC1. The van der Waals surface area contributed by atoms with Crippen LogP contribution in [-0.2, 0) is 6.42 Å². The molecule has 1 aromatic heterocycles. The second kappa shape index (κ2) is 6.52. The highest BCUT2D eigenvalue weighted by molar-refractivity contribution is 5.85. The lowest BCUT2D eigenvalue weighted by molar-refractivity contribution is 0.175. The molecule has 1 unspecified atom stereocenters. The van der Waals surface area contributed by atoms with Crippen molar-refractivity contribution in [3.8, 4) is 0 Å². The number of halogens is 2. The van der Waals surface area contributed by atoms with Crippen molar-refractivity contribution < 1.29 is 5.11 Å². The van der Waals surface area contributed by atoms with Crippen LogP contribution in [0.4, 0.5) is 5.82 Å². The van der Waals surface area contributed by atoms with E-state index < -0.39 is 0 Å². The van der Waals surface area contributed by atoms with E-state index in [1.807, 2.05) is 0 Å². The number of hydrogen-bond donors (Lipinski definition) is 2. The smallest absolute Gasteiger partial charge is 0.135 e. The molecule has 5 nitrogen and oxygen atoms in total. The van der Waals surface area contributed by atoms with Gasteiger partial charge in [0.05, 0.1) is 11.8 Å². The highest BCUT2D eigenvalue weighted by Gasteiger charge is 2.27. The number of nitrogens with one attached hydrogen (secondary N) is 1. The van der Waals surface area contributed by atoms with Crippen molar-refractivity contribution in [1.29, 1.82) is 0 Å². The highest BCUT2D eigenvalue weighted by atomic mass is 35.5. The lowest BCUT2D eigenvalue weighted by Crippen LogP contribution is -2.44. The first kappa shape index (κ1) is 15.4. The molecular weight excluding hydrogens is 275 g/mol. The number of aliphatic hydroxyl groups is 1. The van der Waals surface area contributed by atoms with E-state index in [1.165, 1.54) is 0 Å². The van der Waals surface area contributed by atoms with Crippen LogP contribution in [0.3, 0.4) is 0 Å². The topological polar surface area (TPSA) is 61.3 Å². The second-order valence-corrected chi connectivity index (χ2v) is 4.35. The molecule has 0 bridgehead atoms. The normalized spacial score (nSPS) is 21.8. The molecule has 7 heteroatoms. The van der Waals surface area contributed by atoms with Gasteiger partial charge < -0.3 is 15.3 Å². The van der Waals surface area contributed by atoms with Crippen LogP contribution >= 0.6 is 24.8 Å². The summed E-state index contributed by atoms with van der Waals surface area (Å²) in [6.07, 6.45) is 2.87. The van der Waals surface area contributed by atoms with E-state index in [0.717, 1.165) is 56.1 Å². The lowest BCUT2D eigenvalue weighted by atomic mass is 10.2. The van der Waals surface area contributed by atoms with E-state index in [0.29, 0.717) is 0 Å². The predicted octanol–water partition coefficient (Wildman–Crippen LogP) is 0.709. The van der Waals surface area contributed by atoms with Gasteiger partial charge in [-0.15, -0.1) is 24.8 Å². The van der Waals surface area contributed by atoms with E-state index in [2.05, 4.69) is 20.2 Å². The second-order valence-electron chi connectivity index (χ2n) is 4.35. The van der Waals surface area contributed by atoms with Gasteiger partial charge in [-0.25, -0.2) is 9.97 Å². The van der Waals surface area contributed by atoms with Crippen molar-refractivity contribution in [2.24, 2.45) is 0 Å². The Balaban J connectivity index is 0.000000810. The zero-order valence-electron chi connectivity index (χ0n) is 10.0. The summed E-state index contributed by atoms with van der Waals surface area (Å²) in [6.45, 7) is 3.97. The van der Waals surface area contributed by atoms with Crippen LogP contribution in [0.25, 0.3) is 0 Å². The lowest BCUT2D eigenvalue weighted by Gasteiger charge is -2.29. The first-order chi connectivity index (χ1) is 7.86. The molecule has 1 aliphatic heterocycles. The molecule has 1 atom stereocenters. The average molecular weight is 293 g/mol. The number of fused-ring (bicyclic) bond motifs is 1. The molecule has 2 aliphatic rings. The van der Waals surface area contributed by atoms with Crippen molar-refractivity contribution >= 4 is 30.6 Å². The molecule has 0 radical (unpaired) electrons. The summed E-state index contributed by atoms with van der Waals surface area (Å²) in [5, 5.41) is 13.1. The molecule has 0 saturated carbocycles. The minimum atomic E-state index is -0.389. The van der Waals surface area contributed by atoms with Crippen LogP contribution in [0.1, 0.15) is 23.8 Å². The number of aromatic nitrogens is 2.